The average Bonchev–Trinajstić information content (AvgIpc) is 3.40. The Kier molecular flexibility index (Phi) is 10.2. The number of benzene rings is 2. The molecular weight excluding hydrogens is 684 g/mol. The minimum atomic E-state index is -3.29. The van der Waals surface area contributed by atoms with Gasteiger partial charge in [0.1, 0.15) is 5.75 Å². The van der Waals surface area contributed by atoms with E-state index < -0.39 is 15.6 Å². The van der Waals surface area contributed by atoms with Gasteiger partial charge in [0.15, 0.2) is 5.78 Å². The number of Topliss-reactive ketones (excluding diaryl/α,β-unsaturated/α-hetero) is 1. The molecule has 2 aliphatic heterocycles. The molecule has 4 aliphatic rings. The van der Waals surface area contributed by atoms with Crippen LogP contribution in [0.4, 0.5) is 5.69 Å². The first-order chi connectivity index (χ1) is 24.5. The summed E-state index contributed by atoms with van der Waals surface area (Å²) in [5.74, 6) is 0.271. The van der Waals surface area contributed by atoms with Gasteiger partial charge in [0, 0.05) is 55.2 Å². The van der Waals surface area contributed by atoms with Crippen molar-refractivity contribution < 1.29 is 23.3 Å². The molecule has 1 spiro atoms. The number of allylic oxidation sites excluding steroid dienone is 1. The number of aromatic nitrogens is 2. The van der Waals surface area contributed by atoms with E-state index in [-0.39, 0.29) is 34.7 Å². The highest BCUT2D eigenvalue weighted by Crippen LogP contribution is 2.47. The summed E-state index contributed by atoms with van der Waals surface area (Å²) in [5.41, 5.74) is 4.56. The third-order valence-corrected chi connectivity index (χ3v) is 14.0. The van der Waals surface area contributed by atoms with E-state index in [9.17, 15) is 13.8 Å². The summed E-state index contributed by atoms with van der Waals surface area (Å²) in [6, 6.07) is 11.7. The first kappa shape index (κ1) is 35.9. The van der Waals surface area contributed by atoms with Gasteiger partial charge in [-0.15, -0.1) is 0 Å². The molecule has 6 atom stereocenters. The van der Waals surface area contributed by atoms with Gasteiger partial charge in [-0.2, -0.15) is 9.46 Å². The number of amides is 1. The molecule has 2 aromatic carbocycles. The van der Waals surface area contributed by atoms with E-state index in [0.29, 0.717) is 48.1 Å². The van der Waals surface area contributed by atoms with E-state index in [0.717, 1.165) is 61.7 Å². The van der Waals surface area contributed by atoms with Gasteiger partial charge in [-0.3, -0.25) is 14.3 Å². The fraction of sp³-hybridized carbons (Fsp3) is 0.525. The molecule has 51 heavy (non-hydrogen) atoms. The van der Waals surface area contributed by atoms with Crippen molar-refractivity contribution in [3.63, 3.8) is 0 Å². The van der Waals surface area contributed by atoms with Crippen molar-refractivity contribution in [2.24, 2.45) is 29.2 Å². The van der Waals surface area contributed by atoms with Gasteiger partial charge >= 0.3 is 0 Å². The standard InChI is InChI=1S/C40H49ClN4O5S/c1-5-34-32(21-44(3)42-34)36(46)23-51(48)22-26(2)8-6-10-37(49-4)31-14-11-29(31)20-45-24-40(17-7-9-27-18-30(41)13-15-33(27)40)25-50-38-16-12-28(19-35(38)45)39(47)43-51/h6,10,12-13,15-16,18-19,21,26,29,31,37H,5,7-9,11,14,17,20,22-25H2,1-4H3/b10-6+/t26-,29-,31+,37-,40-,51+/m0/s1. The van der Waals surface area contributed by atoms with Crippen LogP contribution < -0.4 is 9.64 Å². The number of anilines is 1. The molecule has 272 valence electrons. The van der Waals surface area contributed by atoms with Crippen LogP contribution in [0.3, 0.4) is 0 Å². The van der Waals surface area contributed by atoms with Crippen molar-refractivity contribution >= 4 is 38.7 Å². The second-order valence-corrected chi connectivity index (χ2v) is 18.0. The molecule has 3 aromatic rings. The predicted octanol–water partition coefficient (Wildman–Crippen LogP) is 7.24. The molecule has 3 heterocycles. The molecule has 0 unspecified atom stereocenters. The number of aryl methyl sites for hydroxylation is 3. The first-order valence-electron chi connectivity index (χ1n) is 18.3. The summed E-state index contributed by atoms with van der Waals surface area (Å²) < 4.78 is 33.5. The number of ether oxygens (including phenoxy) is 2. The monoisotopic (exact) mass is 732 g/mol. The largest absolute Gasteiger partial charge is 0.490 e. The van der Waals surface area contributed by atoms with Crippen molar-refractivity contribution in [1.82, 2.24) is 9.78 Å². The normalized spacial score (nSPS) is 29.9. The summed E-state index contributed by atoms with van der Waals surface area (Å²) >= 11 is 6.46. The summed E-state index contributed by atoms with van der Waals surface area (Å²) in [6.07, 6.45) is 12.3. The average molecular weight is 733 g/mol. The minimum Gasteiger partial charge on any atom is -0.490 e. The smallest absolute Gasteiger partial charge is 0.285 e. The maximum absolute atomic E-state index is 14.7. The zero-order valence-electron chi connectivity index (χ0n) is 30.1. The Morgan fingerprint density at radius 2 is 2.04 bits per heavy atom. The number of carbonyl (C=O) groups excluding carboxylic acids is 2. The molecule has 0 N–H and O–H groups in total. The van der Waals surface area contributed by atoms with E-state index in [1.54, 1.807) is 31.1 Å². The number of hydrogen-bond donors (Lipinski definition) is 0. The lowest BCUT2D eigenvalue weighted by Crippen LogP contribution is -2.49. The molecule has 2 bridgehead atoms. The highest BCUT2D eigenvalue weighted by Gasteiger charge is 2.44. The number of halogens is 1. The highest BCUT2D eigenvalue weighted by molar-refractivity contribution is 7.94. The Bertz CT molecular complexity index is 1980. The van der Waals surface area contributed by atoms with E-state index in [1.165, 1.54) is 11.1 Å². The maximum Gasteiger partial charge on any atom is 0.285 e. The quantitative estimate of drug-likeness (QED) is 0.201. The van der Waals surface area contributed by atoms with Gasteiger partial charge in [-0.1, -0.05) is 43.7 Å². The van der Waals surface area contributed by atoms with E-state index in [1.807, 2.05) is 32.0 Å². The van der Waals surface area contributed by atoms with Crippen LogP contribution in [-0.4, -0.2) is 70.1 Å². The Morgan fingerprint density at radius 1 is 1.20 bits per heavy atom. The minimum absolute atomic E-state index is 0.0420. The van der Waals surface area contributed by atoms with Crippen molar-refractivity contribution in [2.45, 2.75) is 70.3 Å². The lowest BCUT2D eigenvalue weighted by molar-refractivity contribution is 0.0131. The fourth-order valence-corrected chi connectivity index (χ4v) is 11.2. The Hall–Kier alpha value is -3.47. The SMILES string of the molecule is CCc1nn(C)cc1C(=O)C[S@@]1(=O)=NC(=O)c2ccc3c(c2)N(C[C@@H]2CC[C@H]2[C@@H](OC)/C=C/C[C@H](C)C1)C[C@@]1(CCCc2cc(Cl)ccc21)CO3. The number of carbonyl (C=O) groups is 2. The second-order valence-electron chi connectivity index (χ2n) is 15.2. The van der Waals surface area contributed by atoms with Crippen LogP contribution >= 0.6 is 11.6 Å². The van der Waals surface area contributed by atoms with Gasteiger partial charge in [-0.05, 0) is 104 Å². The summed E-state index contributed by atoms with van der Waals surface area (Å²) in [4.78, 5) is 30.2. The molecule has 0 radical (unpaired) electrons. The molecule has 2 aliphatic carbocycles. The second kappa shape index (κ2) is 14.5. The van der Waals surface area contributed by atoms with Crippen LogP contribution in [0.1, 0.15) is 83.5 Å². The van der Waals surface area contributed by atoms with Crippen LogP contribution in [0.25, 0.3) is 0 Å². The Balaban J connectivity index is 1.31. The molecule has 1 saturated carbocycles. The van der Waals surface area contributed by atoms with Crippen molar-refractivity contribution in [1.29, 1.82) is 0 Å². The van der Waals surface area contributed by atoms with E-state index in [4.69, 9.17) is 21.1 Å². The number of rotatable bonds is 5. The Labute approximate surface area is 306 Å². The van der Waals surface area contributed by atoms with Crippen molar-refractivity contribution in [2.75, 3.05) is 43.2 Å². The molecule has 9 nitrogen and oxygen atoms in total. The summed E-state index contributed by atoms with van der Waals surface area (Å²) in [6.45, 7) is 5.97. The van der Waals surface area contributed by atoms with Crippen LogP contribution in [-0.2, 0) is 39.8 Å². The number of hydrogen-bond acceptors (Lipinski definition) is 7. The van der Waals surface area contributed by atoms with E-state index in [2.05, 4.69) is 38.6 Å². The van der Waals surface area contributed by atoms with Crippen LogP contribution in [0.2, 0.25) is 5.02 Å². The van der Waals surface area contributed by atoms with Crippen molar-refractivity contribution in [3.05, 3.63) is 87.7 Å². The number of fused-ring (bicyclic) bond motifs is 4. The zero-order chi connectivity index (χ0) is 35.9. The first-order valence-corrected chi connectivity index (χ1v) is 20.6. The molecule has 1 fully saturated rings. The third kappa shape index (κ3) is 7.29. The molecule has 0 saturated heterocycles. The van der Waals surface area contributed by atoms with Gasteiger partial charge in [0.05, 0.1) is 45.1 Å². The van der Waals surface area contributed by atoms with Crippen LogP contribution in [0.5, 0.6) is 5.75 Å². The third-order valence-electron chi connectivity index (χ3n) is 11.5. The van der Waals surface area contributed by atoms with Crippen molar-refractivity contribution in [3.8, 4) is 5.75 Å². The van der Waals surface area contributed by atoms with E-state index >= 15 is 0 Å². The number of methoxy groups -OCH3 is 1. The predicted molar refractivity (Wildman–Crippen MR) is 202 cm³/mol. The maximum atomic E-state index is 14.7. The molecular formula is C40H49ClN4O5S. The topological polar surface area (TPSA) is 103 Å². The lowest BCUT2D eigenvalue weighted by Gasteiger charge is -2.46. The van der Waals surface area contributed by atoms with Gasteiger partial charge in [-0.25, -0.2) is 4.21 Å². The van der Waals surface area contributed by atoms with Gasteiger partial charge in [0.25, 0.3) is 5.91 Å². The van der Waals surface area contributed by atoms with Crippen LogP contribution in [0.15, 0.2) is 59.1 Å². The van der Waals surface area contributed by atoms with Gasteiger partial charge < -0.3 is 14.4 Å². The van der Waals surface area contributed by atoms with Crippen LogP contribution in [0, 0.1) is 17.8 Å². The Morgan fingerprint density at radius 3 is 2.80 bits per heavy atom. The summed E-state index contributed by atoms with van der Waals surface area (Å²) in [5, 5.41) is 5.16. The number of ketones is 1. The van der Waals surface area contributed by atoms with Gasteiger partial charge in [0.2, 0.25) is 0 Å². The molecule has 11 heteroatoms. The molecule has 1 aromatic heterocycles. The highest BCUT2D eigenvalue weighted by atomic mass is 35.5. The molecule has 7 rings (SSSR count). The molecule has 1 amide bonds. The number of nitrogens with zero attached hydrogens (tertiary/aromatic N) is 4. The lowest BCUT2D eigenvalue weighted by atomic mass is 9.68. The zero-order valence-corrected chi connectivity index (χ0v) is 31.7. The fourth-order valence-electron chi connectivity index (χ4n) is 8.78. The summed E-state index contributed by atoms with van der Waals surface area (Å²) in [7, 11) is 0.251.